The van der Waals surface area contributed by atoms with Gasteiger partial charge in [0.25, 0.3) is 5.91 Å². The third kappa shape index (κ3) is 4.39. The molecule has 1 aromatic carbocycles. The van der Waals surface area contributed by atoms with Crippen molar-refractivity contribution in [2.45, 2.75) is 26.2 Å². The lowest BCUT2D eigenvalue weighted by molar-refractivity contribution is -0.115. The number of anilines is 1. The maximum absolute atomic E-state index is 12.8. The van der Waals surface area contributed by atoms with Crippen molar-refractivity contribution in [1.29, 1.82) is 0 Å². The molecule has 1 atom stereocenters. The smallest absolute Gasteiger partial charge is 0.253 e. The Morgan fingerprint density at radius 1 is 1.17 bits per heavy atom. The van der Waals surface area contributed by atoms with Gasteiger partial charge in [0.15, 0.2) is 0 Å². The number of likely N-dealkylation sites (tertiary alicyclic amines) is 1. The number of amides is 2. The molecule has 2 amide bonds. The van der Waals surface area contributed by atoms with Crippen LogP contribution >= 0.6 is 0 Å². The first kappa shape index (κ1) is 19.0. The summed E-state index contributed by atoms with van der Waals surface area (Å²) in [7, 11) is 0. The van der Waals surface area contributed by atoms with Crippen molar-refractivity contribution in [2.75, 3.05) is 18.4 Å². The van der Waals surface area contributed by atoms with E-state index in [9.17, 15) is 9.59 Å². The number of carbonyl (C=O) groups is 2. The fourth-order valence-corrected chi connectivity index (χ4v) is 3.58. The first-order valence-electron chi connectivity index (χ1n) is 9.87. The summed E-state index contributed by atoms with van der Waals surface area (Å²) in [6.07, 6.45) is 7.42. The van der Waals surface area contributed by atoms with Crippen LogP contribution in [0.1, 0.15) is 35.9 Å². The summed E-state index contributed by atoms with van der Waals surface area (Å²) in [5.41, 5.74) is 2.18. The molecule has 1 fully saturated rings. The molecule has 2 aromatic heterocycles. The van der Waals surface area contributed by atoms with Crippen LogP contribution in [0.15, 0.2) is 48.9 Å². The van der Waals surface area contributed by atoms with E-state index < -0.39 is 0 Å². The third-order valence-electron chi connectivity index (χ3n) is 5.22. The fourth-order valence-electron chi connectivity index (χ4n) is 3.58. The molecule has 1 aliphatic heterocycles. The van der Waals surface area contributed by atoms with E-state index >= 15 is 0 Å². The quantitative estimate of drug-likeness (QED) is 0.724. The van der Waals surface area contributed by atoms with Crippen molar-refractivity contribution in [1.82, 2.24) is 19.9 Å². The van der Waals surface area contributed by atoms with Crippen molar-refractivity contribution >= 4 is 28.4 Å². The molecule has 3 heterocycles. The number of hydrogen-bond donors (Lipinski definition) is 1. The van der Waals surface area contributed by atoms with Gasteiger partial charge in [-0.25, -0.2) is 9.97 Å². The number of benzene rings is 1. The van der Waals surface area contributed by atoms with E-state index in [1.807, 2.05) is 17.2 Å². The fraction of sp³-hybridized carbons (Fsp3) is 0.318. The van der Waals surface area contributed by atoms with E-state index in [4.69, 9.17) is 0 Å². The van der Waals surface area contributed by atoms with E-state index in [0.717, 1.165) is 36.1 Å². The highest BCUT2D eigenvalue weighted by molar-refractivity contribution is 5.96. The molecule has 3 aromatic rings. The van der Waals surface area contributed by atoms with E-state index in [1.165, 1.54) is 0 Å². The van der Waals surface area contributed by atoms with Crippen LogP contribution in [0.4, 0.5) is 5.69 Å². The molecule has 7 heteroatoms. The summed E-state index contributed by atoms with van der Waals surface area (Å²) in [5.74, 6) is 1.11. The van der Waals surface area contributed by atoms with E-state index in [2.05, 4.69) is 20.3 Å². The summed E-state index contributed by atoms with van der Waals surface area (Å²) in [4.78, 5) is 39.3. The summed E-state index contributed by atoms with van der Waals surface area (Å²) in [6.45, 7) is 3.23. The minimum absolute atomic E-state index is 0.0181. The second-order valence-corrected chi connectivity index (χ2v) is 7.31. The summed E-state index contributed by atoms with van der Waals surface area (Å²) < 4.78 is 0. The average molecular weight is 389 g/mol. The molecule has 29 heavy (non-hydrogen) atoms. The molecular formula is C22H23N5O2. The van der Waals surface area contributed by atoms with Gasteiger partial charge in [-0.15, -0.1) is 0 Å². The highest BCUT2D eigenvalue weighted by Crippen LogP contribution is 2.22. The lowest BCUT2D eigenvalue weighted by atomic mass is 10.0. The van der Waals surface area contributed by atoms with Crippen LogP contribution in [0, 0.1) is 5.92 Å². The molecule has 7 nitrogen and oxygen atoms in total. The van der Waals surface area contributed by atoms with Crippen molar-refractivity contribution < 1.29 is 9.59 Å². The molecule has 0 aliphatic carbocycles. The van der Waals surface area contributed by atoms with Crippen LogP contribution in [-0.2, 0) is 11.2 Å². The Hall–Kier alpha value is -3.35. The van der Waals surface area contributed by atoms with Crippen molar-refractivity contribution in [3.05, 3.63) is 60.3 Å². The molecule has 0 spiro atoms. The number of aromatic nitrogens is 3. The van der Waals surface area contributed by atoms with E-state index in [-0.39, 0.29) is 11.8 Å². The van der Waals surface area contributed by atoms with Crippen molar-refractivity contribution in [2.24, 2.45) is 5.92 Å². The number of nitrogens with one attached hydrogen (secondary N) is 1. The molecule has 1 N–H and O–H groups in total. The Bertz CT molecular complexity index is 1030. The molecule has 4 rings (SSSR count). The Morgan fingerprint density at radius 2 is 2.00 bits per heavy atom. The average Bonchev–Trinajstić information content (AvgIpc) is 3.22. The molecule has 1 aliphatic rings. The first-order valence-corrected chi connectivity index (χ1v) is 9.87. The lowest BCUT2D eigenvalue weighted by Crippen LogP contribution is -2.29. The van der Waals surface area contributed by atoms with Gasteiger partial charge in [-0.05, 0) is 42.7 Å². The number of pyridine rings is 1. The summed E-state index contributed by atoms with van der Waals surface area (Å²) in [6, 6.07) is 8.96. The zero-order valence-electron chi connectivity index (χ0n) is 16.3. The van der Waals surface area contributed by atoms with Gasteiger partial charge in [0.05, 0.1) is 11.7 Å². The maximum Gasteiger partial charge on any atom is 0.253 e. The number of rotatable bonds is 5. The molecule has 0 unspecified atom stereocenters. The molecule has 0 bridgehead atoms. The highest BCUT2D eigenvalue weighted by atomic mass is 16.2. The minimum Gasteiger partial charge on any atom is -0.338 e. The zero-order valence-corrected chi connectivity index (χ0v) is 16.3. The Kier molecular flexibility index (Phi) is 5.46. The number of carbonyl (C=O) groups excluding carboxylic acids is 2. The first-order chi connectivity index (χ1) is 14.1. The van der Waals surface area contributed by atoms with Gasteiger partial charge >= 0.3 is 0 Å². The molecule has 1 saturated heterocycles. The number of fused-ring (bicyclic) bond motifs is 1. The minimum atomic E-state index is -0.0434. The van der Waals surface area contributed by atoms with Gasteiger partial charge in [0.1, 0.15) is 5.82 Å². The third-order valence-corrected chi connectivity index (χ3v) is 5.22. The standard InChI is InChI=1S/C22H23N5O2/c1-2-21(28)25-18-5-3-16(4-6-18)22(29)27-10-8-15(14-27)11-20-24-12-17-7-9-23-13-19(17)26-20/h3-7,9,12-13,15H,2,8,10-11,14H2,1H3,(H,25,28)/t15-/m0/s1. The molecular weight excluding hydrogens is 366 g/mol. The summed E-state index contributed by atoms with van der Waals surface area (Å²) in [5, 5.41) is 3.77. The largest absolute Gasteiger partial charge is 0.338 e. The van der Waals surface area contributed by atoms with Crippen molar-refractivity contribution in [3.63, 3.8) is 0 Å². The predicted octanol–water partition coefficient (Wildman–Crippen LogP) is 3.08. The zero-order chi connectivity index (χ0) is 20.2. The van der Waals surface area contributed by atoms with Crippen LogP contribution in [0.5, 0.6) is 0 Å². The van der Waals surface area contributed by atoms with E-state index in [1.54, 1.807) is 43.6 Å². The molecule has 0 radical (unpaired) electrons. The SMILES string of the molecule is CCC(=O)Nc1ccc(C(=O)N2CC[C@@H](Cc3ncc4ccncc4n3)C2)cc1. The van der Waals surface area contributed by atoms with Gasteiger partial charge in [0, 0.05) is 55.0 Å². The van der Waals surface area contributed by atoms with Gasteiger partial charge in [0.2, 0.25) is 5.91 Å². The normalized spacial score (nSPS) is 16.2. The van der Waals surface area contributed by atoms with Crippen LogP contribution in [0.25, 0.3) is 10.9 Å². The van der Waals surface area contributed by atoms with Gasteiger partial charge < -0.3 is 10.2 Å². The van der Waals surface area contributed by atoms with Crippen LogP contribution in [-0.4, -0.2) is 44.8 Å². The van der Waals surface area contributed by atoms with Crippen LogP contribution < -0.4 is 5.32 Å². The van der Waals surface area contributed by atoms with Gasteiger partial charge in [-0.1, -0.05) is 6.92 Å². The topological polar surface area (TPSA) is 88.1 Å². The monoisotopic (exact) mass is 389 g/mol. The second kappa shape index (κ2) is 8.34. The van der Waals surface area contributed by atoms with Gasteiger partial charge in [-0.3, -0.25) is 14.6 Å². The Labute approximate surface area is 169 Å². The van der Waals surface area contributed by atoms with E-state index in [0.29, 0.717) is 30.1 Å². The second-order valence-electron chi connectivity index (χ2n) is 7.31. The number of nitrogens with zero attached hydrogens (tertiary/aromatic N) is 4. The predicted molar refractivity (Wildman–Crippen MR) is 110 cm³/mol. The molecule has 0 saturated carbocycles. The Balaban J connectivity index is 1.37. The molecule has 148 valence electrons. The van der Waals surface area contributed by atoms with Crippen molar-refractivity contribution in [3.8, 4) is 0 Å². The maximum atomic E-state index is 12.8. The summed E-state index contributed by atoms with van der Waals surface area (Å²) >= 11 is 0. The highest BCUT2D eigenvalue weighted by Gasteiger charge is 2.27. The van der Waals surface area contributed by atoms with Crippen LogP contribution in [0.2, 0.25) is 0 Å². The Morgan fingerprint density at radius 3 is 2.79 bits per heavy atom. The lowest BCUT2D eigenvalue weighted by Gasteiger charge is -2.17. The number of hydrogen-bond acceptors (Lipinski definition) is 5. The van der Waals surface area contributed by atoms with Crippen LogP contribution in [0.3, 0.4) is 0 Å². The van der Waals surface area contributed by atoms with Gasteiger partial charge in [-0.2, -0.15) is 0 Å².